The van der Waals surface area contributed by atoms with Gasteiger partial charge in [0.25, 0.3) is 0 Å². The minimum Gasteiger partial charge on any atom is -0.406 e. The summed E-state index contributed by atoms with van der Waals surface area (Å²) in [5.41, 5.74) is 2.95. The molecule has 0 radical (unpaired) electrons. The Morgan fingerprint density at radius 2 is 1.88 bits per heavy atom. The number of aliphatic hydroxyl groups excluding tert-OH is 1. The topological polar surface area (TPSA) is 103 Å². The number of aromatic nitrogens is 1. The van der Waals surface area contributed by atoms with Crippen LogP contribution in [-0.2, 0) is 16.0 Å². The van der Waals surface area contributed by atoms with E-state index in [1.165, 1.54) is 24.3 Å². The third-order valence-corrected chi connectivity index (χ3v) is 5.26. The lowest BCUT2D eigenvalue weighted by molar-refractivity contribution is -0.274. The first-order valence-corrected chi connectivity index (χ1v) is 9.92. The number of H-pyrrole nitrogens is 1. The average Bonchev–Trinajstić information content (AvgIpc) is 3.26. The van der Waals surface area contributed by atoms with Gasteiger partial charge in [-0.1, -0.05) is 18.2 Å². The number of halogens is 3. The first-order chi connectivity index (χ1) is 15.2. The van der Waals surface area contributed by atoms with E-state index < -0.39 is 30.3 Å². The molecule has 10 heteroatoms. The van der Waals surface area contributed by atoms with E-state index in [0.717, 1.165) is 16.5 Å². The van der Waals surface area contributed by atoms with Crippen LogP contribution in [0.2, 0.25) is 0 Å². The number of alkyl halides is 3. The van der Waals surface area contributed by atoms with Gasteiger partial charge < -0.3 is 25.5 Å². The van der Waals surface area contributed by atoms with Gasteiger partial charge in [-0.25, -0.2) is 0 Å². The van der Waals surface area contributed by atoms with Gasteiger partial charge in [0.1, 0.15) is 17.9 Å². The number of ether oxygens (including phenoxy) is 1. The second-order valence-corrected chi connectivity index (χ2v) is 7.45. The summed E-state index contributed by atoms with van der Waals surface area (Å²) in [4.78, 5) is 27.4. The zero-order valence-electron chi connectivity index (χ0n) is 16.7. The second-order valence-electron chi connectivity index (χ2n) is 7.45. The predicted octanol–water partition coefficient (Wildman–Crippen LogP) is 2.64. The Bertz CT molecular complexity index is 1140. The van der Waals surface area contributed by atoms with Crippen molar-refractivity contribution in [1.82, 2.24) is 15.6 Å². The number of aliphatic hydroxyl groups is 1. The molecule has 0 saturated carbocycles. The van der Waals surface area contributed by atoms with Gasteiger partial charge in [0.2, 0.25) is 11.8 Å². The van der Waals surface area contributed by atoms with Crippen LogP contribution in [-0.4, -0.2) is 47.0 Å². The molecule has 1 saturated heterocycles. The molecule has 1 aliphatic rings. The molecule has 1 aliphatic heterocycles. The van der Waals surface area contributed by atoms with Crippen molar-refractivity contribution in [3.63, 3.8) is 0 Å². The molecule has 168 valence electrons. The number of rotatable bonds is 6. The minimum atomic E-state index is -4.77. The number of hydrogen-bond donors (Lipinski definition) is 4. The minimum absolute atomic E-state index is 0.0562. The summed E-state index contributed by atoms with van der Waals surface area (Å²) < 4.78 is 41.2. The van der Waals surface area contributed by atoms with E-state index in [-0.39, 0.29) is 18.7 Å². The van der Waals surface area contributed by atoms with Gasteiger partial charge in [0, 0.05) is 29.6 Å². The van der Waals surface area contributed by atoms with E-state index in [1.54, 1.807) is 0 Å². The summed E-state index contributed by atoms with van der Waals surface area (Å²) in [6, 6.07) is 11.9. The summed E-state index contributed by atoms with van der Waals surface area (Å²) in [7, 11) is 0. The van der Waals surface area contributed by atoms with Crippen molar-refractivity contribution in [1.29, 1.82) is 0 Å². The number of aryl methyl sites for hydroxylation is 1. The van der Waals surface area contributed by atoms with Crippen molar-refractivity contribution in [2.45, 2.75) is 31.3 Å². The maximum Gasteiger partial charge on any atom is 0.573 e. The molecule has 0 aliphatic carbocycles. The summed E-state index contributed by atoms with van der Waals surface area (Å²) in [5.74, 6) is -1.15. The number of fused-ring (bicyclic) bond motifs is 1. The number of carbonyl (C=O) groups is 2. The quantitative estimate of drug-likeness (QED) is 0.467. The molecule has 2 amide bonds. The number of carbonyl (C=O) groups excluding carboxylic acids is 2. The molecule has 4 rings (SSSR count). The van der Waals surface area contributed by atoms with Crippen molar-refractivity contribution in [2.75, 3.05) is 6.54 Å². The Hall–Kier alpha value is -3.53. The lowest BCUT2D eigenvalue weighted by atomic mass is 10.0. The molecule has 1 fully saturated rings. The fraction of sp³-hybridized carbons (Fsp3) is 0.273. The molecule has 1 aromatic heterocycles. The van der Waals surface area contributed by atoms with Crippen molar-refractivity contribution in [3.05, 3.63) is 54.1 Å². The highest BCUT2D eigenvalue weighted by Crippen LogP contribution is 2.33. The number of benzene rings is 2. The predicted molar refractivity (Wildman–Crippen MR) is 110 cm³/mol. The standard InChI is InChI=1S/C22H20F3N3O4/c23-22(24,25)32-13-7-5-12(6-8-13)19-15(14-3-1-2-4-16(14)27-19)9-10-18(30)28-20-17(29)11-26-21(20)31/h1-8,17,20,27,29H,9-11H2,(H,26,31)(H,28,30)/t17-,20+/m1/s1. The lowest BCUT2D eigenvalue weighted by Crippen LogP contribution is -2.45. The molecule has 3 aromatic rings. The van der Waals surface area contributed by atoms with Crippen LogP contribution >= 0.6 is 0 Å². The summed E-state index contributed by atoms with van der Waals surface area (Å²) in [6.07, 6.45) is -5.38. The Morgan fingerprint density at radius 1 is 1.16 bits per heavy atom. The van der Waals surface area contributed by atoms with E-state index in [9.17, 15) is 27.9 Å². The van der Waals surface area contributed by atoms with Crippen LogP contribution in [0.5, 0.6) is 5.75 Å². The van der Waals surface area contributed by atoms with Crippen LogP contribution in [0, 0.1) is 0 Å². The highest BCUT2D eigenvalue weighted by molar-refractivity contribution is 5.92. The smallest absolute Gasteiger partial charge is 0.406 e. The Kier molecular flexibility index (Phi) is 5.79. The van der Waals surface area contributed by atoms with Gasteiger partial charge in [-0.05, 0) is 47.9 Å². The summed E-state index contributed by atoms with van der Waals surface area (Å²) >= 11 is 0. The third kappa shape index (κ3) is 4.70. The van der Waals surface area contributed by atoms with Gasteiger partial charge >= 0.3 is 6.36 Å². The molecule has 0 unspecified atom stereocenters. The molecule has 2 aromatic carbocycles. The summed E-state index contributed by atoms with van der Waals surface area (Å²) in [5, 5.41) is 15.7. The first kappa shape index (κ1) is 21.7. The van der Waals surface area contributed by atoms with Crippen LogP contribution in [0.15, 0.2) is 48.5 Å². The van der Waals surface area contributed by atoms with Crippen LogP contribution in [0.4, 0.5) is 13.2 Å². The highest BCUT2D eigenvalue weighted by Gasteiger charge is 2.34. The molecule has 4 N–H and O–H groups in total. The second kappa shape index (κ2) is 8.54. The molecular weight excluding hydrogens is 427 g/mol. The molecule has 2 heterocycles. The van der Waals surface area contributed by atoms with E-state index >= 15 is 0 Å². The first-order valence-electron chi connectivity index (χ1n) is 9.92. The molecule has 0 spiro atoms. The Labute approximate surface area is 180 Å². The number of hydrogen-bond acceptors (Lipinski definition) is 4. The maximum atomic E-state index is 12.4. The van der Waals surface area contributed by atoms with Gasteiger partial charge in [0.15, 0.2) is 0 Å². The van der Waals surface area contributed by atoms with E-state index in [0.29, 0.717) is 17.7 Å². The van der Waals surface area contributed by atoms with Crippen molar-refractivity contribution >= 4 is 22.7 Å². The molecular formula is C22H20F3N3O4. The van der Waals surface area contributed by atoms with E-state index in [2.05, 4.69) is 20.4 Å². The number of nitrogens with one attached hydrogen (secondary N) is 3. The lowest BCUT2D eigenvalue weighted by Gasteiger charge is -2.14. The zero-order chi connectivity index (χ0) is 22.9. The largest absolute Gasteiger partial charge is 0.573 e. The third-order valence-electron chi connectivity index (χ3n) is 5.26. The zero-order valence-corrected chi connectivity index (χ0v) is 16.7. The van der Waals surface area contributed by atoms with E-state index in [4.69, 9.17) is 0 Å². The van der Waals surface area contributed by atoms with E-state index in [1.807, 2.05) is 24.3 Å². The highest BCUT2D eigenvalue weighted by atomic mass is 19.4. The Balaban J connectivity index is 1.55. The van der Waals surface area contributed by atoms with Crippen molar-refractivity contribution in [2.24, 2.45) is 0 Å². The fourth-order valence-corrected chi connectivity index (χ4v) is 3.78. The van der Waals surface area contributed by atoms with Crippen LogP contribution in [0.25, 0.3) is 22.2 Å². The normalized spacial score (nSPS) is 18.6. The number of aromatic amines is 1. The van der Waals surface area contributed by atoms with Crippen LogP contribution in [0.3, 0.4) is 0 Å². The number of amides is 2. The fourth-order valence-electron chi connectivity index (χ4n) is 3.78. The average molecular weight is 447 g/mol. The molecule has 32 heavy (non-hydrogen) atoms. The van der Waals surface area contributed by atoms with Crippen LogP contribution < -0.4 is 15.4 Å². The van der Waals surface area contributed by atoms with Gasteiger partial charge in [-0.2, -0.15) is 0 Å². The Morgan fingerprint density at radius 3 is 2.53 bits per heavy atom. The monoisotopic (exact) mass is 447 g/mol. The summed E-state index contributed by atoms with van der Waals surface area (Å²) in [6.45, 7) is 0.0877. The maximum absolute atomic E-state index is 12.4. The molecule has 7 nitrogen and oxygen atoms in total. The molecule has 0 bridgehead atoms. The van der Waals surface area contributed by atoms with Crippen molar-refractivity contribution in [3.8, 4) is 17.0 Å². The van der Waals surface area contributed by atoms with Crippen molar-refractivity contribution < 1.29 is 32.6 Å². The molecule has 2 atom stereocenters. The van der Waals surface area contributed by atoms with Gasteiger partial charge in [0.05, 0.1) is 0 Å². The SMILES string of the molecule is O=C(CCc1c(-c2ccc(OC(F)(F)F)cc2)[nH]c2ccccc12)N[C@@H]1C(=O)NC[C@H]1O. The van der Waals surface area contributed by atoms with Gasteiger partial charge in [-0.15, -0.1) is 13.2 Å². The van der Waals surface area contributed by atoms with Crippen LogP contribution in [0.1, 0.15) is 12.0 Å². The number of para-hydroxylation sites is 1. The number of β-amino-alcohol motifs (C(OH)–C–C–N with tert-alkyl or cyclic N) is 1. The van der Waals surface area contributed by atoms with Gasteiger partial charge in [-0.3, -0.25) is 9.59 Å².